The highest BCUT2D eigenvalue weighted by atomic mass is 19.1. The van der Waals surface area contributed by atoms with Crippen LogP contribution in [0.3, 0.4) is 0 Å². The molecule has 1 fully saturated rings. The van der Waals surface area contributed by atoms with E-state index in [0.717, 1.165) is 16.9 Å². The molecule has 2 heterocycles. The van der Waals surface area contributed by atoms with E-state index in [2.05, 4.69) is 15.0 Å². The van der Waals surface area contributed by atoms with Gasteiger partial charge in [0, 0.05) is 18.7 Å². The molecule has 1 aliphatic heterocycles. The lowest BCUT2D eigenvalue weighted by molar-refractivity contribution is 0.169. The van der Waals surface area contributed by atoms with Gasteiger partial charge in [-0.3, -0.25) is 4.90 Å². The average molecular weight is 369 g/mol. The quantitative estimate of drug-likeness (QED) is 0.745. The summed E-state index contributed by atoms with van der Waals surface area (Å²) in [7, 11) is 1.61. The Hall–Kier alpha value is -2.77. The fourth-order valence-electron chi connectivity index (χ4n) is 3.36. The number of ether oxygens (including phenoxy) is 1. The predicted octanol–water partition coefficient (Wildman–Crippen LogP) is 3.19. The van der Waals surface area contributed by atoms with E-state index < -0.39 is 6.10 Å². The number of aliphatic hydroxyl groups is 1. The second kappa shape index (κ2) is 7.46. The van der Waals surface area contributed by atoms with E-state index >= 15 is 0 Å². The fraction of sp³-hybridized carbons (Fsp3) is 0.300. The normalized spacial score (nSPS) is 20.1. The zero-order chi connectivity index (χ0) is 18.8. The molecule has 0 amide bonds. The Balaban J connectivity index is 1.53. The number of halogens is 1. The van der Waals surface area contributed by atoms with Crippen molar-refractivity contribution in [1.29, 1.82) is 0 Å². The summed E-state index contributed by atoms with van der Waals surface area (Å²) in [6.45, 7) is 1.07. The van der Waals surface area contributed by atoms with Gasteiger partial charge in [0.05, 0.1) is 19.3 Å². The Kier molecular flexibility index (Phi) is 4.87. The fourth-order valence-corrected chi connectivity index (χ4v) is 3.36. The molecule has 1 aliphatic rings. The minimum atomic E-state index is -0.466. The van der Waals surface area contributed by atoms with E-state index in [9.17, 15) is 9.50 Å². The van der Waals surface area contributed by atoms with Gasteiger partial charge in [0.25, 0.3) is 0 Å². The Morgan fingerprint density at radius 2 is 1.93 bits per heavy atom. The van der Waals surface area contributed by atoms with E-state index in [0.29, 0.717) is 31.2 Å². The highest BCUT2D eigenvalue weighted by Gasteiger charge is 2.35. The van der Waals surface area contributed by atoms with Gasteiger partial charge in [0.2, 0.25) is 11.7 Å². The third-order valence-electron chi connectivity index (χ3n) is 4.76. The highest BCUT2D eigenvalue weighted by molar-refractivity contribution is 5.55. The van der Waals surface area contributed by atoms with Crippen LogP contribution in [0.4, 0.5) is 4.39 Å². The monoisotopic (exact) mass is 369 g/mol. The minimum absolute atomic E-state index is 0.176. The number of nitrogens with zero attached hydrogens (tertiary/aromatic N) is 3. The van der Waals surface area contributed by atoms with E-state index in [1.807, 2.05) is 24.3 Å². The van der Waals surface area contributed by atoms with Crippen LogP contribution in [0.2, 0.25) is 0 Å². The van der Waals surface area contributed by atoms with Crippen LogP contribution < -0.4 is 4.74 Å². The van der Waals surface area contributed by atoms with Crippen LogP contribution in [-0.4, -0.2) is 39.9 Å². The van der Waals surface area contributed by atoms with Crippen molar-refractivity contribution in [3.05, 3.63) is 65.8 Å². The van der Waals surface area contributed by atoms with Gasteiger partial charge in [0.1, 0.15) is 11.6 Å². The summed E-state index contributed by atoms with van der Waals surface area (Å²) in [4.78, 5) is 6.60. The smallest absolute Gasteiger partial charge is 0.244 e. The largest absolute Gasteiger partial charge is 0.497 e. The molecule has 0 bridgehead atoms. The maximum Gasteiger partial charge on any atom is 0.244 e. The van der Waals surface area contributed by atoms with Crippen molar-refractivity contribution in [3.63, 3.8) is 0 Å². The molecule has 1 saturated heterocycles. The lowest BCUT2D eigenvalue weighted by Crippen LogP contribution is -2.24. The molecular weight excluding hydrogens is 349 g/mol. The van der Waals surface area contributed by atoms with E-state index in [-0.39, 0.29) is 11.9 Å². The van der Waals surface area contributed by atoms with Gasteiger partial charge in [-0.1, -0.05) is 17.3 Å². The van der Waals surface area contributed by atoms with Crippen molar-refractivity contribution in [2.75, 3.05) is 13.7 Å². The van der Waals surface area contributed by atoms with E-state index in [1.54, 1.807) is 19.2 Å². The predicted molar refractivity (Wildman–Crippen MR) is 96.5 cm³/mol. The Bertz CT molecular complexity index is 896. The third-order valence-corrected chi connectivity index (χ3v) is 4.76. The minimum Gasteiger partial charge on any atom is -0.497 e. The molecule has 6 nitrogen and oxygen atoms in total. The zero-order valence-corrected chi connectivity index (χ0v) is 14.9. The van der Waals surface area contributed by atoms with Crippen molar-refractivity contribution >= 4 is 0 Å². The molecule has 3 aromatic rings. The van der Waals surface area contributed by atoms with Crippen molar-refractivity contribution in [3.8, 4) is 17.1 Å². The number of likely N-dealkylation sites (tertiary alicyclic amines) is 1. The average Bonchev–Trinajstić information content (AvgIpc) is 3.30. The van der Waals surface area contributed by atoms with Crippen LogP contribution in [0.5, 0.6) is 5.75 Å². The summed E-state index contributed by atoms with van der Waals surface area (Å²) in [6, 6.07) is 13.6. The number of hydrogen-bond acceptors (Lipinski definition) is 6. The molecule has 0 saturated carbocycles. The summed E-state index contributed by atoms with van der Waals surface area (Å²) in [5.41, 5.74) is 1.79. The summed E-state index contributed by atoms with van der Waals surface area (Å²) >= 11 is 0. The Labute approximate surface area is 156 Å². The van der Waals surface area contributed by atoms with Gasteiger partial charge in [-0.2, -0.15) is 4.98 Å². The number of β-amino-alcohol motifs (C(OH)–C–C–N with tert-alkyl or cyclic N) is 1. The van der Waals surface area contributed by atoms with E-state index in [1.165, 1.54) is 12.1 Å². The summed E-state index contributed by atoms with van der Waals surface area (Å²) in [5, 5.41) is 14.2. The number of rotatable bonds is 5. The van der Waals surface area contributed by atoms with Gasteiger partial charge in [-0.25, -0.2) is 4.39 Å². The molecule has 1 aromatic heterocycles. The molecule has 0 aliphatic carbocycles. The number of methoxy groups -OCH3 is 1. The molecule has 7 heteroatoms. The molecular formula is C20H20FN3O3. The van der Waals surface area contributed by atoms with Crippen molar-refractivity contribution in [2.24, 2.45) is 0 Å². The first-order chi connectivity index (χ1) is 13.1. The second-order valence-corrected chi connectivity index (χ2v) is 6.65. The van der Waals surface area contributed by atoms with Crippen LogP contribution in [0.25, 0.3) is 11.4 Å². The van der Waals surface area contributed by atoms with Gasteiger partial charge in [-0.05, 0) is 48.4 Å². The molecule has 2 atom stereocenters. The standard InChI is InChI=1S/C20H20FN3O3/c1-26-17-8-4-14(5-9-17)19-22-20(27-23-19)18-10-16(25)12-24(18)11-13-2-6-15(21)7-3-13/h2-9,16,18,25H,10-12H2,1H3/t16-,18+/m1/s1. The Morgan fingerprint density at radius 3 is 2.63 bits per heavy atom. The van der Waals surface area contributed by atoms with Gasteiger partial charge in [-0.15, -0.1) is 0 Å². The van der Waals surface area contributed by atoms with Crippen LogP contribution in [0.15, 0.2) is 53.1 Å². The first-order valence-electron chi connectivity index (χ1n) is 8.77. The molecule has 0 unspecified atom stereocenters. The second-order valence-electron chi connectivity index (χ2n) is 6.65. The van der Waals surface area contributed by atoms with Gasteiger partial charge >= 0.3 is 0 Å². The SMILES string of the molecule is COc1ccc(-c2noc([C@@H]3C[C@@H](O)CN3Cc3ccc(F)cc3)n2)cc1. The lowest BCUT2D eigenvalue weighted by atomic mass is 10.1. The van der Waals surface area contributed by atoms with Crippen molar-refractivity contribution in [1.82, 2.24) is 15.0 Å². The third kappa shape index (κ3) is 3.84. The Morgan fingerprint density at radius 1 is 1.19 bits per heavy atom. The summed E-state index contributed by atoms with van der Waals surface area (Å²) < 4.78 is 23.8. The zero-order valence-electron chi connectivity index (χ0n) is 14.9. The molecule has 2 aromatic carbocycles. The van der Waals surface area contributed by atoms with Crippen LogP contribution in [0.1, 0.15) is 23.9 Å². The lowest BCUT2D eigenvalue weighted by Gasteiger charge is -2.21. The maximum absolute atomic E-state index is 13.1. The number of aliphatic hydroxyl groups excluding tert-OH is 1. The van der Waals surface area contributed by atoms with E-state index in [4.69, 9.17) is 9.26 Å². The molecule has 1 N–H and O–H groups in total. The molecule has 4 rings (SSSR count). The molecule has 0 radical (unpaired) electrons. The van der Waals surface area contributed by atoms with Gasteiger partial charge in [0.15, 0.2) is 0 Å². The maximum atomic E-state index is 13.1. The number of aromatic nitrogens is 2. The summed E-state index contributed by atoms with van der Waals surface area (Å²) in [5.74, 6) is 1.46. The highest BCUT2D eigenvalue weighted by Crippen LogP contribution is 2.33. The number of benzene rings is 2. The van der Waals surface area contributed by atoms with Crippen LogP contribution in [-0.2, 0) is 6.54 Å². The van der Waals surface area contributed by atoms with Crippen LogP contribution in [0, 0.1) is 5.82 Å². The first kappa shape index (κ1) is 17.6. The topological polar surface area (TPSA) is 71.6 Å². The van der Waals surface area contributed by atoms with Crippen LogP contribution >= 0.6 is 0 Å². The van der Waals surface area contributed by atoms with Gasteiger partial charge < -0.3 is 14.4 Å². The molecule has 27 heavy (non-hydrogen) atoms. The van der Waals surface area contributed by atoms with Crippen molar-refractivity contribution < 1.29 is 18.8 Å². The van der Waals surface area contributed by atoms with Crippen molar-refractivity contribution in [2.45, 2.75) is 25.1 Å². The molecule has 0 spiro atoms. The summed E-state index contributed by atoms with van der Waals surface area (Å²) in [6.07, 6.45) is 0.0533. The first-order valence-corrected chi connectivity index (χ1v) is 8.77. The molecule has 140 valence electrons. The number of hydrogen-bond donors (Lipinski definition) is 1.